The maximum absolute atomic E-state index is 13.0. The van der Waals surface area contributed by atoms with Gasteiger partial charge in [0.05, 0.1) is 6.61 Å². The van der Waals surface area contributed by atoms with E-state index in [1.807, 2.05) is 0 Å². The largest absolute Gasteiger partial charge is 0.477 e. The highest BCUT2D eigenvalue weighted by Gasteiger charge is 2.54. The number of carbonyl (C=O) groups excluding carboxylic acids is 3. The maximum atomic E-state index is 13.0. The average molecular weight is 570 g/mol. The summed E-state index contributed by atoms with van der Waals surface area (Å²) >= 11 is 3.53. The first-order valence-electron chi connectivity index (χ1n) is 10.4. The number of carboxylic acid groups (broad SMARTS) is 1. The fraction of sp³-hybridized carbons (Fsp3) is 0.389. The molecule has 19 heteroatoms. The van der Waals surface area contributed by atoms with Crippen LogP contribution in [0.25, 0.3) is 0 Å². The van der Waals surface area contributed by atoms with Crippen molar-refractivity contribution < 1.29 is 33.9 Å². The minimum absolute atomic E-state index is 0.0793. The van der Waals surface area contributed by atoms with Gasteiger partial charge in [-0.2, -0.15) is 5.21 Å². The molecule has 0 radical (unpaired) electrons. The fourth-order valence-electron chi connectivity index (χ4n) is 3.32. The summed E-state index contributed by atoms with van der Waals surface area (Å²) in [6, 6.07) is -1.02. The molecule has 0 aromatic carbocycles. The minimum Gasteiger partial charge on any atom is -0.477 e. The van der Waals surface area contributed by atoms with Gasteiger partial charge < -0.3 is 25.7 Å². The average Bonchev–Trinajstić information content (AvgIpc) is 3.55. The molecule has 1 saturated heterocycles. The fourth-order valence-corrected chi connectivity index (χ4v) is 6.09. The number of rotatable bonds is 11. The van der Waals surface area contributed by atoms with Crippen LogP contribution in [-0.4, -0.2) is 101 Å². The van der Waals surface area contributed by atoms with Gasteiger partial charge in [-0.1, -0.05) is 16.9 Å². The number of nitrogens with one attached hydrogen (secondary N) is 2. The number of oxime groups is 1. The number of nitrogen functional groups attached to an aromatic ring is 1. The van der Waals surface area contributed by atoms with Gasteiger partial charge in [-0.3, -0.25) is 14.5 Å². The molecule has 1 unspecified atom stereocenters. The molecule has 4 heterocycles. The SMILES string of the molecule is CCOC(=O)CON=C(C(=O)NC1C(=O)N2C(C(=O)O)=C(CSc3nn[nH]n3)CS[C@H]12)c1csc(N)n1. The van der Waals surface area contributed by atoms with Crippen LogP contribution in [0, 0.1) is 0 Å². The second-order valence-electron chi connectivity index (χ2n) is 7.19. The number of thiazole rings is 1. The number of aromatic nitrogens is 5. The molecule has 2 aliphatic rings. The molecule has 0 bridgehead atoms. The third-order valence-electron chi connectivity index (χ3n) is 4.86. The molecule has 5 N–H and O–H groups in total. The van der Waals surface area contributed by atoms with E-state index in [1.165, 1.54) is 28.9 Å². The molecular formula is C18H19N9O7S3. The number of ether oxygens (including phenoxy) is 1. The normalized spacial score (nSPS) is 19.2. The zero-order valence-electron chi connectivity index (χ0n) is 18.9. The number of fused-ring (bicyclic) bond motifs is 1. The van der Waals surface area contributed by atoms with Crippen LogP contribution in [0.2, 0.25) is 0 Å². The van der Waals surface area contributed by atoms with Crippen molar-refractivity contribution in [1.82, 2.24) is 35.8 Å². The molecule has 4 rings (SSSR count). The number of carboxylic acids is 1. The summed E-state index contributed by atoms with van der Waals surface area (Å²) < 4.78 is 4.75. The number of aliphatic carboxylic acids is 1. The molecule has 37 heavy (non-hydrogen) atoms. The van der Waals surface area contributed by atoms with Crippen LogP contribution in [0.15, 0.2) is 27.0 Å². The van der Waals surface area contributed by atoms with Crippen LogP contribution < -0.4 is 11.1 Å². The summed E-state index contributed by atoms with van der Waals surface area (Å²) in [7, 11) is 0. The Kier molecular flexibility index (Phi) is 8.24. The first-order chi connectivity index (χ1) is 17.8. The molecule has 2 amide bonds. The van der Waals surface area contributed by atoms with Crippen molar-refractivity contribution in [1.29, 1.82) is 0 Å². The number of nitrogens with two attached hydrogens (primary N) is 1. The number of nitrogens with zero attached hydrogens (tertiary/aromatic N) is 6. The number of hydrogen-bond acceptors (Lipinski definition) is 15. The molecule has 0 saturated carbocycles. The first-order valence-corrected chi connectivity index (χ1v) is 13.4. The lowest BCUT2D eigenvalue weighted by Crippen LogP contribution is -2.71. The third kappa shape index (κ3) is 5.83. The number of anilines is 1. The maximum Gasteiger partial charge on any atom is 0.352 e. The summed E-state index contributed by atoms with van der Waals surface area (Å²) in [6.45, 7) is 1.22. The quantitative estimate of drug-likeness (QED) is 0.0841. The number of hydrogen-bond donors (Lipinski definition) is 4. The Balaban J connectivity index is 1.47. The summed E-state index contributed by atoms with van der Waals surface area (Å²) in [6.07, 6.45) is 0. The van der Waals surface area contributed by atoms with Crippen LogP contribution in [0.1, 0.15) is 12.6 Å². The Labute approximate surface area is 220 Å². The number of aromatic amines is 1. The van der Waals surface area contributed by atoms with Gasteiger partial charge in [-0.25, -0.2) is 14.6 Å². The van der Waals surface area contributed by atoms with E-state index < -0.39 is 41.8 Å². The Hall–Kier alpha value is -3.71. The standard InChI is InChI=1S/C18H19N9O7S3/c1-2-33-9(28)3-34-24-10(8-6-36-17(19)20-8)13(29)21-11-14(30)27-12(16(31)32)7(4-35-15(11)27)5-37-18-22-25-26-23-18/h6,11,15H,2-5H2,1H3,(H2,19,20)(H,21,29)(H,31,32)(H,22,23,25,26)/t11?,15-/m1/s1. The summed E-state index contributed by atoms with van der Waals surface area (Å²) in [5.41, 5.74) is 5.79. The van der Waals surface area contributed by atoms with Crippen molar-refractivity contribution in [3.8, 4) is 0 Å². The molecule has 2 aliphatic heterocycles. The Bertz CT molecular complexity index is 1260. The smallest absolute Gasteiger partial charge is 0.352 e. The van der Waals surface area contributed by atoms with Crippen molar-refractivity contribution in [2.75, 3.05) is 30.5 Å². The van der Waals surface area contributed by atoms with Gasteiger partial charge in [-0.15, -0.1) is 33.3 Å². The van der Waals surface area contributed by atoms with Gasteiger partial charge in [0.25, 0.3) is 11.8 Å². The predicted octanol–water partition coefficient (Wildman–Crippen LogP) is -0.947. The van der Waals surface area contributed by atoms with E-state index in [-0.39, 0.29) is 34.6 Å². The third-order valence-corrected chi connectivity index (χ3v) is 7.80. The van der Waals surface area contributed by atoms with E-state index in [4.69, 9.17) is 15.3 Å². The monoisotopic (exact) mass is 569 g/mol. The van der Waals surface area contributed by atoms with Gasteiger partial charge in [0.1, 0.15) is 22.8 Å². The number of carbonyl (C=O) groups is 4. The number of thioether (sulfide) groups is 2. The van der Waals surface area contributed by atoms with E-state index >= 15 is 0 Å². The Morgan fingerprint density at radius 1 is 1.43 bits per heavy atom. The molecule has 0 spiro atoms. The molecule has 2 aromatic heterocycles. The summed E-state index contributed by atoms with van der Waals surface area (Å²) in [4.78, 5) is 59.6. The van der Waals surface area contributed by atoms with Gasteiger partial charge in [0, 0.05) is 16.9 Å². The lowest BCUT2D eigenvalue weighted by Gasteiger charge is -2.49. The van der Waals surface area contributed by atoms with Crippen molar-refractivity contribution in [3.63, 3.8) is 0 Å². The second-order valence-corrected chi connectivity index (χ2v) is 10.1. The predicted molar refractivity (Wildman–Crippen MR) is 130 cm³/mol. The molecule has 2 aromatic rings. The number of H-pyrrole nitrogens is 1. The minimum atomic E-state index is -1.26. The van der Waals surface area contributed by atoms with Crippen molar-refractivity contribution in [3.05, 3.63) is 22.3 Å². The van der Waals surface area contributed by atoms with Crippen LogP contribution in [0.4, 0.5) is 5.13 Å². The van der Waals surface area contributed by atoms with Gasteiger partial charge in [0.15, 0.2) is 10.8 Å². The highest BCUT2D eigenvalue weighted by atomic mass is 32.2. The van der Waals surface area contributed by atoms with Crippen LogP contribution in [0.3, 0.4) is 0 Å². The van der Waals surface area contributed by atoms with E-state index in [9.17, 15) is 24.3 Å². The van der Waals surface area contributed by atoms with Crippen LogP contribution in [-0.2, 0) is 28.8 Å². The summed E-state index contributed by atoms with van der Waals surface area (Å²) in [5.74, 6) is -2.82. The number of tetrazole rings is 1. The Morgan fingerprint density at radius 2 is 2.24 bits per heavy atom. The zero-order chi connectivity index (χ0) is 26.5. The number of esters is 1. The number of amides is 2. The van der Waals surface area contributed by atoms with Crippen molar-refractivity contribution in [2.45, 2.75) is 23.5 Å². The second kappa shape index (κ2) is 11.6. The van der Waals surface area contributed by atoms with Crippen molar-refractivity contribution in [2.24, 2.45) is 5.16 Å². The lowest BCUT2D eigenvalue weighted by molar-refractivity contribution is -0.150. The number of β-lactam (4-membered cyclic amide) rings is 1. The molecule has 196 valence electrons. The van der Waals surface area contributed by atoms with E-state index in [0.29, 0.717) is 16.5 Å². The highest BCUT2D eigenvalue weighted by molar-refractivity contribution is 8.01. The molecule has 2 atom stereocenters. The highest BCUT2D eigenvalue weighted by Crippen LogP contribution is 2.41. The van der Waals surface area contributed by atoms with Crippen LogP contribution in [0.5, 0.6) is 0 Å². The topological polar surface area (TPSA) is 228 Å². The van der Waals surface area contributed by atoms with E-state index in [2.05, 4.69) is 36.1 Å². The molecule has 1 fully saturated rings. The van der Waals surface area contributed by atoms with Gasteiger partial charge in [0.2, 0.25) is 11.8 Å². The Morgan fingerprint density at radius 3 is 2.89 bits per heavy atom. The van der Waals surface area contributed by atoms with Crippen LogP contribution >= 0.6 is 34.9 Å². The molecule has 16 nitrogen and oxygen atoms in total. The lowest BCUT2D eigenvalue weighted by atomic mass is 10.0. The zero-order valence-corrected chi connectivity index (χ0v) is 21.4. The van der Waals surface area contributed by atoms with E-state index in [0.717, 1.165) is 16.2 Å². The van der Waals surface area contributed by atoms with Gasteiger partial charge >= 0.3 is 11.9 Å². The molecular weight excluding hydrogens is 550 g/mol. The van der Waals surface area contributed by atoms with Gasteiger partial charge in [-0.05, 0) is 17.7 Å². The van der Waals surface area contributed by atoms with Crippen molar-refractivity contribution >= 4 is 69.5 Å². The van der Waals surface area contributed by atoms with E-state index in [1.54, 1.807) is 6.92 Å². The molecule has 0 aliphatic carbocycles. The summed E-state index contributed by atoms with van der Waals surface area (Å²) in [5, 5.41) is 30.8. The first kappa shape index (κ1) is 26.4.